The fourth-order valence-electron chi connectivity index (χ4n) is 2.37. The standard InChI is InChI=1S/C14H14ClNO3/c15-11-8-10(11)13(17)16(9-4-2-1-3-5-9)12-6-7-19-14(12)18/h1-5,10-12H,6-8H2. The van der Waals surface area contributed by atoms with Gasteiger partial charge < -0.3 is 4.74 Å². The molecule has 1 aromatic carbocycles. The van der Waals surface area contributed by atoms with Crippen LogP contribution in [-0.4, -0.2) is 29.9 Å². The minimum Gasteiger partial charge on any atom is -0.464 e. The number of para-hydroxylation sites is 1. The highest BCUT2D eigenvalue weighted by Crippen LogP contribution is 2.39. The first kappa shape index (κ1) is 12.5. The summed E-state index contributed by atoms with van der Waals surface area (Å²) in [6, 6.07) is 8.71. The number of alkyl halides is 1. The van der Waals surface area contributed by atoms with E-state index in [1.807, 2.05) is 30.3 Å². The molecule has 19 heavy (non-hydrogen) atoms. The van der Waals surface area contributed by atoms with Gasteiger partial charge in [0.15, 0.2) is 0 Å². The first-order chi connectivity index (χ1) is 9.18. The Bertz CT molecular complexity index is 505. The molecule has 0 N–H and O–H groups in total. The number of cyclic esters (lactones) is 1. The minimum atomic E-state index is -0.514. The molecular formula is C14H14ClNO3. The largest absolute Gasteiger partial charge is 0.464 e. The van der Waals surface area contributed by atoms with Gasteiger partial charge in [0.25, 0.3) is 0 Å². The lowest BCUT2D eigenvalue weighted by Gasteiger charge is -2.26. The van der Waals surface area contributed by atoms with E-state index in [1.165, 1.54) is 0 Å². The van der Waals surface area contributed by atoms with Crippen molar-refractivity contribution in [2.24, 2.45) is 5.92 Å². The zero-order chi connectivity index (χ0) is 13.4. The summed E-state index contributed by atoms with van der Waals surface area (Å²) in [6.07, 6.45) is 1.23. The highest BCUT2D eigenvalue weighted by Gasteiger charge is 2.47. The minimum absolute atomic E-state index is 0.0740. The number of amides is 1. The Morgan fingerprint density at radius 2 is 2.00 bits per heavy atom. The zero-order valence-corrected chi connectivity index (χ0v) is 11.0. The maximum absolute atomic E-state index is 12.5. The van der Waals surface area contributed by atoms with Gasteiger partial charge in [-0.3, -0.25) is 9.69 Å². The third kappa shape index (κ3) is 2.32. The Balaban J connectivity index is 1.91. The number of hydrogen-bond donors (Lipinski definition) is 0. The number of carbonyl (C=O) groups excluding carboxylic acids is 2. The Hall–Kier alpha value is -1.55. The zero-order valence-electron chi connectivity index (χ0n) is 10.3. The molecule has 3 unspecified atom stereocenters. The molecule has 1 aromatic rings. The molecule has 4 nitrogen and oxygen atoms in total. The summed E-state index contributed by atoms with van der Waals surface area (Å²) in [5.74, 6) is -0.575. The number of halogens is 1. The Morgan fingerprint density at radius 3 is 2.53 bits per heavy atom. The van der Waals surface area contributed by atoms with Crippen LogP contribution in [0.5, 0.6) is 0 Å². The number of benzene rings is 1. The third-order valence-electron chi connectivity index (χ3n) is 3.52. The van der Waals surface area contributed by atoms with Crippen molar-refractivity contribution >= 4 is 29.2 Å². The lowest BCUT2D eigenvalue weighted by Crippen LogP contribution is -2.44. The first-order valence-electron chi connectivity index (χ1n) is 6.37. The highest BCUT2D eigenvalue weighted by molar-refractivity contribution is 6.25. The van der Waals surface area contributed by atoms with E-state index in [0.29, 0.717) is 19.4 Å². The normalized spacial score (nSPS) is 28.9. The van der Waals surface area contributed by atoms with E-state index in [0.717, 1.165) is 5.69 Å². The average Bonchev–Trinajstić information content (AvgIpc) is 3.01. The van der Waals surface area contributed by atoms with Gasteiger partial charge in [0.2, 0.25) is 5.91 Å². The third-order valence-corrected chi connectivity index (χ3v) is 4.00. The van der Waals surface area contributed by atoms with E-state index in [1.54, 1.807) is 4.90 Å². The second-order valence-corrected chi connectivity index (χ2v) is 5.43. The van der Waals surface area contributed by atoms with E-state index in [-0.39, 0.29) is 23.2 Å². The number of nitrogens with zero attached hydrogens (tertiary/aromatic N) is 1. The summed E-state index contributed by atoms with van der Waals surface area (Å²) < 4.78 is 4.98. The number of carbonyl (C=O) groups is 2. The maximum atomic E-state index is 12.5. The van der Waals surface area contributed by atoms with Gasteiger partial charge in [-0.05, 0) is 18.6 Å². The van der Waals surface area contributed by atoms with E-state index >= 15 is 0 Å². The molecule has 5 heteroatoms. The van der Waals surface area contributed by atoms with Crippen LogP contribution in [0.25, 0.3) is 0 Å². The van der Waals surface area contributed by atoms with Crippen LogP contribution in [0, 0.1) is 5.92 Å². The van der Waals surface area contributed by atoms with Crippen LogP contribution in [0.1, 0.15) is 12.8 Å². The van der Waals surface area contributed by atoms with Crippen molar-refractivity contribution in [3.05, 3.63) is 30.3 Å². The van der Waals surface area contributed by atoms with Gasteiger partial charge in [0.1, 0.15) is 6.04 Å². The van der Waals surface area contributed by atoms with Crippen LogP contribution < -0.4 is 4.90 Å². The highest BCUT2D eigenvalue weighted by atomic mass is 35.5. The van der Waals surface area contributed by atoms with E-state index in [2.05, 4.69) is 0 Å². The van der Waals surface area contributed by atoms with Crippen LogP contribution in [0.4, 0.5) is 5.69 Å². The van der Waals surface area contributed by atoms with Gasteiger partial charge in [-0.1, -0.05) is 18.2 Å². The van der Waals surface area contributed by atoms with Crippen LogP contribution >= 0.6 is 11.6 Å². The second-order valence-electron chi connectivity index (χ2n) is 4.87. The van der Waals surface area contributed by atoms with Crippen LogP contribution in [0.3, 0.4) is 0 Å². The SMILES string of the molecule is O=C1OCCC1N(C(=O)C1CC1Cl)c1ccccc1. The predicted octanol–water partition coefficient (Wildman–Crippen LogP) is 1.96. The van der Waals surface area contributed by atoms with Gasteiger partial charge in [-0.2, -0.15) is 0 Å². The summed E-state index contributed by atoms with van der Waals surface area (Å²) in [5.41, 5.74) is 0.729. The molecule has 1 aliphatic heterocycles. The molecule has 0 spiro atoms. The first-order valence-corrected chi connectivity index (χ1v) is 6.81. The van der Waals surface area contributed by atoms with Crippen LogP contribution in [-0.2, 0) is 14.3 Å². The number of esters is 1. The molecule has 1 saturated heterocycles. The molecule has 3 rings (SSSR count). The van der Waals surface area contributed by atoms with Crippen molar-refractivity contribution in [2.75, 3.05) is 11.5 Å². The number of hydrogen-bond acceptors (Lipinski definition) is 3. The van der Waals surface area contributed by atoms with Crippen molar-refractivity contribution in [3.63, 3.8) is 0 Å². The summed E-state index contributed by atoms with van der Waals surface area (Å²) >= 11 is 5.96. The number of anilines is 1. The lowest BCUT2D eigenvalue weighted by molar-refractivity contribution is -0.140. The van der Waals surface area contributed by atoms with Gasteiger partial charge in [0, 0.05) is 17.5 Å². The topological polar surface area (TPSA) is 46.6 Å². The lowest BCUT2D eigenvalue weighted by atomic mass is 10.1. The van der Waals surface area contributed by atoms with E-state index in [9.17, 15) is 9.59 Å². The summed E-state index contributed by atoms with van der Waals surface area (Å²) in [4.78, 5) is 25.8. The molecule has 100 valence electrons. The van der Waals surface area contributed by atoms with E-state index < -0.39 is 6.04 Å². The molecule has 1 aliphatic carbocycles. The van der Waals surface area contributed by atoms with Crippen molar-refractivity contribution in [1.82, 2.24) is 0 Å². The fraction of sp³-hybridized carbons (Fsp3) is 0.429. The molecule has 1 amide bonds. The molecule has 3 atom stereocenters. The van der Waals surface area contributed by atoms with Gasteiger partial charge in [-0.25, -0.2) is 4.79 Å². The Morgan fingerprint density at radius 1 is 1.32 bits per heavy atom. The monoisotopic (exact) mass is 279 g/mol. The molecule has 0 radical (unpaired) electrons. The van der Waals surface area contributed by atoms with Crippen LogP contribution in [0.15, 0.2) is 30.3 Å². The van der Waals surface area contributed by atoms with Gasteiger partial charge in [-0.15, -0.1) is 11.6 Å². The van der Waals surface area contributed by atoms with Crippen LogP contribution in [0.2, 0.25) is 0 Å². The Kier molecular flexibility index (Phi) is 3.19. The molecular weight excluding hydrogens is 266 g/mol. The molecule has 0 aromatic heterocycles. The van der Waals surface area contributed by atoms with Gasteiger partial charge >= 0.3 is 5.97 Å². The van der Waals surface area contributed by atoms with Gasteiger partial charge in [0.05, 0.1) is 12.5 Å². The summed E-state index contributed by atoms with van der Waals surface area (Å²) in [7, 11) is 0. The molecule has 0 bridgehead atoms. The van der Waals surface area contributed by atoms with E-state index in [4.69, 9.17) is 16.3 Å². The summed E-state index contributed by atoms with van der Waals surface area (Å²) in [6.45, 7) is 0.370. The number of ether oxygens (including phenoxy) is 1. The molecule has 2 aliphatic rings. The molecule has 2 fully saturated rings. The van der Waals surface area contributed by atoms with Crippen molar-refractivity contribution in [2.45, 2.75) is 24.3 Å². The maximum Gasteiger partial charge on any atom is 0.329 e. The smallest absolute Gasteiger partial charge is 0.329 e. The second kappa shape index (κ2) is 4.85. The van der Waals surface area contributed by atoms with Crippen molar-refractivity contribution in [1.29, 1.82) is 0 Å². The Labute approximate surface area is 116 Å². The molecule has 1 heterocycles. The van der Waals surface area contributed by atoms with Crippen molar-refractivity contribution in [3.8, 4) is 0 Å². The summed E-state index contributed by atoms with van der Waals surface area (Å²) in [5, 5.41) is -0.101. The predicted molar refractivity (Wildman–Crippen MR) is 71.0 cm³/mol. The average molecular weight is 280 g/mol. The van der Waals surface area contributed by atoms with Crippen molar-refractivity contribution < 1.29 is 14.3 Å². The quantitative estimate of drug-likeness (QED) is 0.628. The fourth-order valence-corrected chi connectivity index (χ4v) is 2.67. The number of rotatable bonds is 3. The molecule has 1 saturated carbocycles.